The molecule has 7 heteroatoms. The van der Waals surface area contributed by atoms with E-state index < -0.39 is 0 Å². The molecule has 1 aliphatic carbocycles. The van der Waals surface area contributed by atoms with Crippen molar-refractivity contribution in [1.82, 2.24) is 9.88 Å². The third-order valence-electron chi connectivity index (χ3n) is 3.88. The Balaban J connectivity index is 1.76. The number of anilines is 1. The van der Waals surface area contributed by atoms with Crippen LogP contribution in [-0.2, 0) is 10.2 Å². The van der Waals surface area contributed by atoms with Crippen molar-refractivity contribution in [1.29, 1.82) is 0 Å². The average Bonchev–Trinajstić information content (AvgIpc) is 2.87. The van der Waals surface area contributed by atoms with Gasteiger partial charge in [0.1, 0.15) is 6.10 Å². The summed E-state index contributed by atoms with van der Waals surface area (Å²) in [4.78, 5) is 20.3. The number of nitrogens with zero attached hydrogens (tertiary/aromatic N) is 3. The Hall–Kier alpha value is -1.18. The molecule has 0 spiro atoms. The molecule has 1 amide bonds. The van der Waals surface area contributed by atoms with E-state index in [-0.39, 0.29) is 17.6 Å². The first kappa shape index (κ1) is 13.8. The number of carbonyl (C=O) groups is 1. The fraction of sp³-hybridized carbons (Fsp3) is 0.692. The van der Waals surface area contributed by atoms with E-state index in [1.807, 2.05) is 0 Å². The van der Waals surface area contributed by atoms with Crippen LogP contribution >= 0.6 is 11.3 Å². The van der Waals surface area contributed by atoms with E-state index in [1.54, 1.807) is 4.90 Å². The number of hydrogen-bond donors (Lipinski definition) is 1. The summed E-state index contributed by atoms with van der Waals surface area (Å²) in [7, 11) is 4.16. The number of aromatic nitrogens is 1. The highest BCUT2D eigenvalue weighted by molar-refractivity contribution is 7.14. The Morgan fingerprint density at radius 3 is 2.90 bits per heavy atom. The molecule has 2 aliphatic rings. The minimum absolute atomic E-state index is 0.190. The van der Waals surface area contributed by atoms with Crippen LogP contribution in [0, 0.1) is 0 Å². The fourth-order valence-electron chi connectivity index (χ4n) is 2.68. The number of hydrogen-bond acceptors (Lipinski definition) is 6. The van der Waals surface area contributed by atoms with Gasteiger partial charge in [-0.3, -0.25) is 0 Å². The van der Waals surface area contributed by atoms with Crippen molar-refractivity contribution in [3.8, 4) is 0 Å². The lowest BCUT2D eigenvalue weighted by Crippen LogP contribution is -2.28. The molecule has 3 rings (SSSR count). The van der Waals surface area contributed by atoms with Crippen LogP contribution in [0.5, 0.6) is 0 Å². The van der Waals surface area contributed by atoms with Gasteiger partial charge in [0, 0.05) is 23.9 Å². The summed E-state index contributed by atoms with van der Waals surface area (Å²) in [6.45, 7) is 1.86. The lowest BCUT2D eigenvalue weighted by molar-refractivity contribution is 0.145. The number of thiazole rings is 1. The minimum Gasteiger partial charge on any atom is -0.443 e. The lowest BCUT2D eigenvalue weighted by atomic mass is 10.0. The predicted molar refractivity (Wildman–Crippen MR) is 78.2 cm³/mol. The van der Waals surface area contributed by atoms with Gasteiger partial charge in [0.05, 0.1) is 12.2 Å². The molecule has 1 saturated heterocycles. The predicted octanol–water partition coefficient (Wildman–Crippen LogP) is 1.02. The molecule has 1 saturated carbocycles. The average molecular weight is 296 g/mol. The number of likely N-dealkylation sites (N-methyl/N-ethyl adjacent to an activating group) is 1. The molecule has 1 aromatic heterocycles. The topological polar surface area (TPSA) is 71.7 Å². The van der Waals surface area contributed by atoms with Gasteiger partial charge >= 0.3 is 6.09 Å². The van der Waals surface area contributed by atoms with Gasteiger partial charge in [-0.15, -0.1) is 11.3 Å². The molecule has 2 fully saturated rings. The summed E-state index contributed by atoms with van der Waals surface area (Å²) in [5.41, 5.74) is 6.85. The van der Waals surface area contributed by atoms with E-state index in [0.29, 0.717) is 13.1 Å². The van der Waals surface area contributed by atoms with E-state index in [9.17, 15) is 4.79 Å². The first-order chi connectivity index (χ1) is 9.54. The summed E-state index contributed by atoms with van der Waals surface area (Å²) in [5.74, 6) is 0. The number of rotatable bonds is 5. The van der Waals surface area contributed by atoms with Gasteiger partial charge in [-0.05, 0) is 26.9 Å². The van der Waals surface area contributed by atoms with Gasteiger partial charge in [-0.2, -0.15) is 0 Å². The number of nitrogens with two attached hydrogens (primary N) is 1. The molecular formula is C13H20N4O2S. The Bertz CT molecular complexity index is 512. The summed E-state index contributed by atoms with van der Waals surface area (Å²) in [5, 5.41) is 2.81. The molecule has 110 valence electrons. The van der Waals surface area contributed by atoms with E-state index in [1.165, 1.54) is 24.2 Å². The highest BCUT2D eigenvalue weighted by Gasteiger charge is 2.47. The Morgan fingerprint density at radius 2 is 2.35 bits per heavy atom. The lowest BCUT2D eigenvalue weighted by Gasteiger charge is -2.18. The van der Waals surface area contributed by atoms with Crippen LogP contribution < -0.4 is 10.6 Å². The highest BCUT2D eigenvalue weighted by atomic mass is 32.1. The van der Waals surface area contributed by atoms with Crippen LogP contribution in [0.1, 0.15) is 18.5 Å². The van der Waals surface area contributed by atoms with Crippen molar-refractivity contribution in [3.05, 3.63) is 11.1 Å². The number of carbonyl (C=O) groups excluding carboxylic acids is 1. The second kappa shape index (κ2) is 4.98. The quantitative estimate of drug-likeness (QED) is 0.878. The van der Waals surface area contributed by atoms with Crippen molar-refractivity contribution in [2.24, 2.45) is 5.73 Å². The first-order valence-corrected chi connectivity index (χ1v) is 7.71. The van der Waals surface area contributed by atoms with Crippen LogP contribution in [0.4, 0.5) is 9.93 Å². The number of ether oxygens (including phenoxy) is 1. The minimum atomic E-state index is -0.334. The van der Waals surface area contributed by atoms with Crippen LogP contribution in [0.15, 0.2) is 5.38 Å². The Labute approximate surface area is 122 Å². The third-order valence-corrected chi connectivity index (χ3v) is 4.74. The zero-order chi connectivity index (χ0) is 14.3. The molecular weight excluding hydrogens is 276 g/mol. The second-order valence-corrected chi connectivity index (χ2v) is 6.72. The van der Waals surface area contributed by atoms with Gasteiger partial charge < -0.3 is 15.4 Å². The van der Waals surface area contributed by atoms with Crippen molar-refractivity contribution < 1.29 is 9.53 Å². The van der Waals surface area contributed by atoms with Crippen LogP contribution in [0.2, 0.25) is 0 Å². The second-order valence-electron chi connectivity index (χ2n) is 5.89. The maximum absolute atomic E-state index is 11.8. The summed E-state index contributed by atoms with van der Waals surface area (Å²) >= 11 is 1.51. The monoisotopic (exact) mass is 296 g/mol. The largest absolute Gasteiger partial charge is 0.443 e. The standard InChI is InChI=1S/C13H20N4O2S/c1-16(2)8-13(3-4-13)10-7-20-11(15-10)17-6-9(5-14)19-12(17)18/h7,9H,3-6,8,14H2,1-2H3/t9-/m0/s1. The normalized spacial score (nSPS) is 24.3. The van der Waals surface area contributed by atoms with Gasteiger partial charge in [-0.1, -0.05) is 0 Å². The highest BCUT2D eigenvalue weighted by Crippen LogP contribution is 2.49. The summed E-state index contributed by atoms with van der Waals surface area (Å²) in [6.07, 6.45) is 1.79. The number of amides is 1. The van der Waals surface area contributed by atoms with Crippen molar-refractivity contribution >= 4 is 22.6 Å². The van der Waals surface area contributed by atoms with Crippen LogP contribution in [-0.4, -0.2) is 55.8 Å². The number of cyclic esters (lactones) is 1. The van der Waals surface area contributed by atoms with Crippen molar-refractivity contribution in [3.63, 3.8) is 0 Å². The zero-order valence-corrected chi connectivity index (χ0v) is 12.7. The molecule has 6 nitrogen and oxygen atoms in total. The Morgan fingerprint density at radius 1 is 1.60 bits per heavy atom. The molecule has 1 atom stereocenters. The molecule has 2 heterocycles. The first-order valence-electron chi connectivity index (χ1n) is 6.83. The molecule has 0 unspecified atom stereocenters. The molecule has 0 aromatic carbocycles. The van der Waals surface area contributed by atoms with Gasteiger partial charge in [0.15, 0.2) is 5.13 Å². The zero-order valence-electron chi connectivity index (χ0n) is 11.8. The molecule has 20 heavy (non-hydrogen) atoms. The maximum Gasteiger partial charge on any atom is 0.416 e. The third kappa shape index (κ3) is 2.41. The molecule has 2 N–H and O–H groups in total. The van der Waals surface area contributed by atoms with Crippen molar-refractivity contribution in [2.45, 2.75) is 24.4 Å². The van der Waals surface area contributed by atoms with Crippen molar-refractivity contribution in [2.75, 3.05) is 38.6 Å². The fourth-order valence-corrected chi connectivity index (χ4v) is 3.63. The van der Waals surface area contributed by atoms with Crippen LogP contribution in [0.3, 0.4) is 0 Å². The SMILES string of the molecule is CN(C)CC1(c2csc(N3C[C@H](CN)OC3=O)n2)CC1. The van der Waals surface area contributed by atoms with Crippen LogP contribution in [0.25, 0.3) is 0 Å². The van der Waals surface area contributed by atoms with E-state index in [2.05, 4.69) is 29.4 Å². The van der Waals surface area contributed by atoms with Gasteiger partial charge in [-0.25, -0.2) is 14.7 Å². The molecule has 1 aromatic rings. The summed E-state index contributed by atoms with van der Waals surface area (Å²) in [6, 6.07) is 0. The Kier molecular flexibility index (Phi) is 3.43. The van der Waals surface area contributed by atoms with Gasteiger partial charge in [0.25, 0.3) is 0 Å². The summed E-state index contributed by atoms with van der Waals surface area (Å²) < 4.78 is 5.17. The molecule has 1 aliphatic heterocycles. The van der Waals surface area contributed by atoms with Gasteiger partial charge in [0.2, 0.25) is 0 Å². The van der Waals surface area contributed by atoms with E-state index in [4.69, 9.17) is 10.5 Å². The maximum atomic E-state index is 11.8. The van der Waals surface area contributed by atoms with E-state index in [0.717, 1.165) is 17.4 Å². The molecule has 0 radical (unpaired) electrons. The van der Waals surface area contributed by atoms with E-state index >= 15 is 0 Å². The molecule has 0 bridgehead atoms. The smallest absolute Gasteiger partial charge is 0.416 e.